The number of hydrogen-bond donors (Lipinski definition) is 1. The molecule has 0 amide bonds. The van der Waals surface area contributed by atoms with Crippen molar-refractivity contribution < 1.29 is 9.84 Å². The molecule has 4 aromatic rings. The van der Waals surface area contributed by atoms with Crippen molar-refractivity contribution in [3.8, 4) is 11.5 Å². The Labute approximate surface area is 145 Å². The Morgan fingerprint density at radius 2 is 1.52 bits per heavy atom. The summed E-state index contributed by atoms with van der Waals surface area (Å²) in [5.41, 5.74) is 1.46. The topological polar surface area (TPSA) is 41.8 Å². The molecule has 122 valence electrons. The van der Waals surface area contributed by atoms with E-state index in [1.807, 2.05) is 24.3 Å². The van der Waals surface area contributed by atoms with Crippen molar-refractivity contribution in [3.63, 3.8) is 0 Å². The highest BCUT2D eigenvalue weighted by Crippen LogP contribution is 2.29. The van der Waals surface area contributed by atoms with Crippen LogP contribution in [0.15, 0.2) is 77.8 Å². The number of rotatable bonds is 3. The van der Waals surface area contributed by atoms with E-state index in [1.165, 1.54) is 23.3 Å². The van der Waals surface area contributed by atoms with Gasteiger partial charge < -0.3 is 9.84 Å². The minimum Gasteiger partial charge on any atom is -0.504 e. The van der Waals surface area contributed by atoms with E-state index in [0.29, 0.717) is 11.3 Å². The highest BCUT2D eigenvalue weighted by molar-refractivity contribution is 5.99. The number of methoxy groups -OCH3 is 1. The van der Waals surface area contributed by atoms with Gasteiger partial charge in [0.1, 0.15) is 0 Å². The highest BCUT2D eigenvalue weighted by Gasteiger charge is 2.05. The third kappa shape index (κ3) is 2.92. The van der Waals surface area contributed by atoms with Crippen LogP contribution in [0.5, 0.6) is 11.5 Å². The molecule has 0 aliphatic heterocycles. The number of aliphatic imine (C=N–C) groups is 1. The summed E-state index contributed by atoms with van der Waals surface area (Å²) in [7, 11) is 1.53. The second kappa shape index (κ2) is 6.29. The van der Waals surface area contributed by atoms with Crippen LogP contribution in [0.1, 0.15) is 5.56 Å². The maximum atomic E-state index is 10.1. The molecule has 1 N–H and O–H groups in total. The van der Waals surface area contributed by atoms with E-state index in [9.17, 15) is 5.11 Å². The summed E-state index contributed by atoms with van der Waals surface area (Å²) >= 11 is 0. The Hall–Kier alpha value is -3.33. The zero-order chi connectivity index (χ0) is 17.2. The molecule has 3 heteroatoms. The van der Waals surface area contributed by atoms with Gasteiger partial charge in [-0.3, -0.25) is 4.99 Å². The molecular weight excluding hydrogens is 310 g/mol. The van der Waals surface area contributed by atoms with Gasteiger partial charge in [-0.25, -0.2) is 0 Å². The zero-order valence-corrected chi connectivity index (χ0v) is 13.8. The van der Waals surface area contributed by atoms with Crippen molar-refractivity contribution in [1.82, 2.24) is 0 Å². The number of fused-ring (bicyclic) bond motifs is 2. The predicted octanol–water partition coefficient (Wildman–Crippen LogP) is 5.46. The largest absolute Gasteiger partial charge is 0.504 e. The van der Waals surface area contributed by atoms with Crippen LogP contribution in [-0.2, 0) is 0 Å². The van der Waals surface area contributed by atoms with Gasteiger partial charge in [-0.15, -0.1) is 0 Å². The second-order valence-corrected chi connectivity index (χ2v) is 5.89. The molecule has 0 bridgehead atoms. The summed E-state index contributed by atoms with van der Waals surface area (Å²) in [5.74, 6) is 0.537. The number of para-hydroxylation sites is 1. The molecule has 0 saturated heterocycles. The van der Waals surface area contributed by atoms with E-state index >= 15 is 0 Å². The number of benzene rings is 4. The van der Waals surface area contributed by atoms with E-state index in [-0.39, 0.29) is 5.75 Å². The number of hydrogen-bond acceptors (Lipinski definition) is 3. The Bertz CT molecular complexity index is 1100. The molecule has 0 atom stereocenters. The Balaban J connectivity index is 1.73. The summed E-state index contributed by atoms with van der Waals surface area (Å²) < 4.78 is 5.12. The summed E-state index contributed by atoms with van der Waals surface area (Å²) in [6, 6.07) is 24.1. The number of phenolic OH excluding ortho intramolecular Hbond substituents is 1. The fraction of sp³-hybridized carbons (Fsp3) is 0.0455. The number of nitrogens with zero attached hydrogens (tertiary/aromatic N) is 1. The first-order valence-corrected chi connectivity index (χ1v) is 8.07. The van der Waals surface area contributed by atoms with Gasteiger partial charge in [0, 0.05) is 11.8 Å². The maximum Gasteiger partial charge on any atom is 0.166 e. The molecule has 0 saturated carbocycles. The Kier molecular flexibility index (Phi) is 3.82. The first-order valence-electron chi connectivity index (χ1n) is 8.07. The molecule has 3 nitrogen and oxygen atoms in total. The normalized spacial score (nSPS) is 11.4. The minimum absolute atomic E-state index is 0.0977. The third-order valence-corrected chi connectivity index (χ3v) is 4.29. The van der Waals surface area contributed by atoms with Gasteiger partial charge in [0.15, 0.2) is 11.5 Å². The van der Waals surface area contributed by atoms with Crippen LogP contribution in [0, 0.1) is 0 Å². The standard InChI is InChI=1S/C22H17NO2/c1-25-21-8-4-7-18(22(21)24)14-23-20-10-9-17-11-15-5-2-3-6-16(15)12-19(17)13-20/h2-14,24H,1H3. The van der Waals surface area contributed by atoms with Crippen molar-refractivity contribution >= 4 is 33.4 Å². The van der Waals surface area contributed by atoms with Crippen LogP contribution in [0.3, 0.4) is 0 Å². The lowest BCUT2D eigenvalue weighted by Crippen LogP contribution is -1.88. The van der Waals surface area contributed by atoms with E-state index in [2.05, 4.69) is 41.4 Å². The molecule has 0 aliphatic rings. The Morgan fingerprint density at radius 3 is 2.28 bits per heavy atom. The fourth-order valence-electron chi connectivity index (χ4n) is 2.96. The molecule has 4 aromatic carbocycles. The summed E-state index contributed by atoms with van der Waals surface area (Å²) in [4.78, 5) is 4.50. The Morgan fingerprint density at radius 1 is 0.800 bits per heavy atom. The van der Waals surface area contributed by atoms with Crippen molar-refractivity contribution in [1.29, 1.82) is 0 Å². The quantitative estimate of drug-likeness (QED) is 0.401. The van der Waals surface area contributed by atoms with Crippen LogP contribution in [0.2, 0.25) is 0 Å². The van der Waals surface area contributed by atoms with Crippen molar-refractivity contribution in [3.05, 3.63) is 78.4 Å². The molecule has 25 heavy (non-hydrogen) atoms. The minimum atomic E-state index is 0.0977. The summed E-state index contributed by atoms with van der Waals surface area (Å²) in [5, 5.41) is 14.9. The summed E-state index contributed by atoms with van der Waals surface area (Å²) in [6.07, 6.45) is 1.65. The van der Waals surface area contributed by atoms with Gasteiger partial charge in [0.05, 0.1) is 12.8 Å². The first-order chi connectivity index (χ1) is 12.2. The van der Waals surface area contributed by atoms with E-state index in [0.717, 1.165) is 11.1 Å². The average molecular weight is 327 g/mol. The van der Waals surface area contributed by atoms with Crippen molar-refractivity contribution in [2.45, 2.75) is 0 Å². The molecule has 0 aliphatic carbocycles. The second-order valence-electron chi connectivity index (χ2n) is 5.89. The lowest BCUT2D eigenvalue weighted by atomic mass is 10.0. The predicted molar refractivity (Wildman–Crippen MR) is 103 cm³/mol. The smallest absolute Gasteiger partial charge is 0.166 e. The number of phenols is 1. The van der Waals surface area contributed by atoms with Gasteiger partial charge in [-0.2, -0.15) is 0 Å². The number of ether oxygens (including phenoxy) is 1. The molecular formula is C22H17NO2. The molecule has 0 fully saturated rings. The zero-order valence-electron chi connectivity index (χ0n) is 13.8. The molecule has 0 aromatic heterocycles. The van der Waals surface area contributed by atoms with Gasteiger partial charge in [-0.05, 0) is 57.9 Å². The summed E-state index contributed by atoms with van der Waals surface area (Å²) in [6.45, 7) is 0. The highest BCUT2D eigenvalue weighted by atomic mass is 16.5. The van der Waals surface area contributed by atoms with Crippen LogP contribution in [0.25, 0.3) is 21.5 Å². The van der Waals surface area contributed by atoms with E-state index in [1.54, 1.807) is 18.3 Å². The lowest BCUT2D eigenvalue weighted by molar-refractivity contribution is 0.373. The molecule has 0 unspecified atom stereocenters. The van der Waals surface area contributed by atoms with E-state index in [4.69, 9.17) is 4.74 Å². The molecule has 0 heterocycles. The average Bonchev–Trinajstić information content (AvgIpc) is 2.65. The maximum absolute atomic E-state index is 10.1. The molecule has 4 rings (SSSR count). The van der Waals surface area contributed by atoms with Crippen LogP contribution in [0.4, 0.5) is 5.69 Å². The SMILES string of the molecule is COc1cccc(C=Nc2ccc3cc4ccccc4cc3c2)c1O. The van der Waals surface area contributed by atoms with E-state index < -0.39 is 0 Å². The van der Waals surface area contributed by atoms with Crippen LogP contribution < -0.4 is 4.74 Å². The van der Waals surface area contributed by atoms with Crippen LogP contribution >= 0.6 is 0 Å². The number of aromatic hydroxyl groups is 1. The molecule has 0 spiro atoms. The van der Waals surface area contributed by atoms with Crippen LogP contribution in [-0.4, -0.2) is 18.4 Å². The monoisotopic (exact) mass is 327 g/mol. The fourth-order valence-corrected chi connectivity index (χ4v) is 2.96. The van der Waals surface area contributed by atoms with Gasteiger partial charge >= 0.3 is 0 Å². The van der Waals surface area contributed by atoms with Gasteiger partial charge in [-0.1, -0.05) is 36.4 Å². The lowest BCUT2D eigenvalue weighted by Gasteiger charge is -2.05. The van der Waals surface area contributed by atoms with Gasteiger partial charge in [0.25, 0.3) is 0 Å². The van der Waals surface area contributed by atoms with Crippen molar-refractivity contribution in [2.75, 3.05) is 7.11 Å². The van der Waals surface area contributed by atoms with Crippen molar-refractivity contribution in [2.24, 2.45) is 4.99 Å². The first kappa shape index (κ1) is 15.2. The van der Waals surface area contributed by atoms with Gasteiger partial charge in [0.2, 0.25) is 0 Å². The third-order valence-electron chi connectivity index (χ3n) is 4.29. The molecule has 0 radical (unpaired) electrons.